The summed E-state index contributed by atoms with van der Waals surface area (Å²) in [5.41, 5.74) is -2.70. The van der Waals surface area contributed by atoms with Crippen molar-refractivity contribution in [3.05, 3.63) is 17.0 Å². The van der Waals surface area contributed by atoms with E-state index in [9.17, 15) is 40.2 Å². The fourth-order valence-electron chi connectivity index (χ4n) is 3.81. The summed E-state index contributed by atoms with van der Waals surface area (Å²) in [5, 5.41) is 13.1. The third-order valence-corrected chi connectivity index (χ3v) is 5.19. The summed E-state index contributed by atoms with van der Waals surface area (Å²) in [5.74, 6) is -5.24. The molecule has 0 spiro atoms. The molecule has 1 fully saturated rings. The topological polar surface area (TPSA) is 38.1 Å². The van der Waals surface area contributed by atoms with Gasteiger partial charge in [-0.3, -0.25) is 4.68 Å². The van der Waals surface area contributed by atoms with Crippen LogP contribution in [0.4, 0.5) is 35.1 Å². The van der Waals surface area contributed by atoms with Crippen molar-refractivity contribution >= 4 is 0 Å². The number of aliphatic hydroxyl groups excluding tert-OH is 1. The molecule has 0 bridgehead atoms. The van der Waals surface area contributed by atoms with E-state index in [1.807, 2.05) is 0 Å². The first-order chi connectivity index (χ1) is 11.8. The highest BCUT2D eigenvalue weighted by atomic mass is 19.4. The number of rotatable bonds is 1. The lowest BCUT2D eigenvalue weighted by atomic mass is 9.84. The summed E-state index contributed by atoms with van der Waals surface area (Å²) in [6, 6.07) is -0.739. The highest BCUT2D eigenvalue weighted by Gasteiger charge is 2.52. The van der Waals surface area contributed by atoms with E-state index in [1.54, 1.807) is 0 Å². The molecule has 0 aliphatic heterocycles. The first-order valence-electron chi connectivity index (χ1n) is 8.13. The van der Waals surface area contributed by atoms with Gasteiger partial charge in [0.1, 0.15) is 6.10 Å². The minimum atomic E-state index is -5.05. The largest absolute Gasteiger partial charge is 0.435 e. The number of aromatic nitrogens is 2. The van der Waals surface area contributed by atoms with Gasteiger partial charge in [0.15, 0.2) is 5.69 Å². The zero-order valence-electron chi connectivity index (χ0n) is 13.3. The molecule has 1 aromatic heterocycles. The maximum Gasteiger partial charge on any atom is 0.435 e. The number of hydrogen-bond acceptors (Lipinski definition) is 2. The molecule has 1 heterocycles. The molecule has 2 aliphatic rings. The Balaban J connectivity index is 1.95. The normalized spacial score (nSPS) is 29.5. The Labute approximate surface area is 143 Å². The Morgan fingerprint density at radius 3 is 2.08 bits per heavy atom. The zero-order valence-corrected chi connectivity index (χ0v) is 13.3. The van der Waals surface area contributed by atoms with Crippen molar-refractivity contribution in [2.45, 2.75) is 68.9 Å². The smallest absolute Gasteiger partial charge is 0.382 e. The summed E-state index contributed by atoms with van der Waals surface area (Å²) in [6.07, 6.45) is -14.0. The molecule has 1 N–H and O–H groups in total. The van der Waals surface area contributed by atoms with Crippen LogP contribution in [0.1, 0.15) is 61.2 Å². The van der Waals surface area contributed by atoms with Crippen LogP contribution in [0.25, 0.3) is 0 Å². The predicted molar refractivity (Wildman–Crippen MR) is 72.5 cm³/mol. The van der Waals surface area contributed by atoms with Crippen molar-refractivity contribution in [3.63, 3.8) is 0 Å². The maximum absolute atomic E-state index is 13.7. The van der Waals surface area contributed by atoms with E-state index in [0.29, 0.717) is 0 Å². The van der Waals surface area contributed by atoms with E-state index in [1.165, 1.54) is 0 Å². The van der Waals surface area contributed by atoms with Crippen molar-refractivity contribution in [2.24, 2.45) is 5.92 Å². The Kier molecular flexibility index (Phi) is 4.52. The molecular weight excluding hydrogens is 376 g/mol. The number of halogens is 8. The first-order valence-corrected chi connectivity index (χ1v) is 8.13. The number of hydrogen-bond donors (Lipinski definition) is 1. The number of fused-ring (bicyclic) bond motifs is 1. The summed E-state index contributed by atoms with van der Waals surface area (Å²) in [6.45, 7) is 0. The molecule has 0 amide bonds. The van der Waals surface area contributed by atoms with Crippen molar-refractivity contribution in [3.8, 4) is 0 Å². The van der Waals surface area contributed by atoms with Crippen molar-refractivity contribution < 1.29 is 40.2 Å². The fourth-order valence-corrected chi connectivity index (χ4v) is 3.81. The third-order valence-electron chi connectivity index (χ3n) is 5.19. The first kappa shape index (κ1) is 19.4. The molecule has 26 heavy (non-hydrogen) atoms. The zero-order chi connectivity index (χ0) is 19.5. The van der Waals surface area contributed by atoms with E-state index in [-0.39, 0.29) is 31.4 Å². The van der Waals surface area contributed by atoms with Gasteiger partial charge in [-0.2, -0.15) is 31.4 Å². The minimum absolute atomic E-state index is 0.0535. The average molecular weight is 392 g/mol. The van der Waals surface area contributed by atoms with Crippen LogP contribution in [0.15, 0.2) is 0 Å². The molecule has 1 aromatic rings. The lowest BCUT2D eigenvalue weighted by Gasteiger charge is -2.33. The van der Waals surface area contributed by atoms with Gasteiger partial charge in [0.25, 0.3) is 5.92 Å². The van der Waals surface area contributed by atoms with Crippen molar-refractivity contribution in [1.29, 1.82) is 0 Å². The lowest BCUT2D eigenvalue weighted by molar-refractivity contribution is -0.183. The van der Waals surface area contributed by atoms with E-state index >= 15 is 0 Å². The van der Waals surface area contributed by atoms with E-state index < -0.39 is 60.4 Å². The van der Waals surface area contributed by atoms with Crippen molar-refractivity contribution in [1.82, 2.24) is 9.78 Å². The summed E-state index contributed by atoms with van der Waals surface area (Å²) in [7, 11) is 0. The van der Waals surface area contributed by atoms with Gasteiger partial charge in [0.05, 0.1) is 12.0 Å². The van der Waals surface area contributed by atoms with Crippen LogP contribution >= 0.6 is 0 Å². The molecule has 2 aliphatic carbocycles. The molecular formula is C15H16F8N2O. The van der Waals surface area contributed by atoms with Crippen LogP contribution in [-0.2, 0) is 12.6 Å². The Bertz CT molecular complexity index is 670. The van der Waals surface area contributed by atoms with E-state index in [2.05, 4.69) is 5.10 Å². The second kappa shape index (κ2) is 6.07. The Hall–Kier alpha value is -1.39. The molecule has 3 nitrogen and oxygen atoms in total. The molecule has 1 atom stereocenters. The maximum atomic E-state index is 13.7. The van der Waals surface area contributed by atoms with Gasteiger partial charge in [-0.05, 0) is 32.1 Å². The van der Waals surface area contributed by atoms with Gasteiger partial charge in [-0.1, -0.05) is 0 Å². The predicted octanol–water partition coefficient (Wildman–Crippen LogP) is 4.81. The number of nitrogens with zero attached hydrogens (tertiary/aromatic N) is 2. The molecule has 0 radical (unpaired) electrons. The Morgan fingerprint density at radius 1 is 1.00 bits per heavy atom. The van der Waals surface area contributed by atoms with E-state index in [4.69, 9.17) is 0 Å². The van der Waals surface area contributed by atoms with E-state index in [0.717, 1.165) is 4.68 Å². The molecule has 0 unspecified atom stereocenters. The minimum Gasteiger partial charge on any atom is -0.382 e. The number of alkyl halides is 8. The highest BCUT2D eigenvalue weighted by molar-refractivity contribution is 5.35. The Morgan fingerprint density at radius 2 is 1.58 bits per heavy atom. The van der Waals surface area contributed by atoms with Crippen molar-refractivity contribution in [2.75, 3.05) is 0 Å². The molecule has 0 saturated heterocycles. The second-order valence-corrected chi connectivity index (χ2v) is 6.86. The van der Waals surface area contributed by atoms with Gasteiger partial charge in [0.2, 0.25) is 0 Å². The van der Waals surface area contributed by atoms with Crippen LogP contribution in [-0.4, -0.2) is 27.0 Å². The summed E-state index contributed by atoms with van der Waals surface area (Å²) in [4.78, 5) is 0. The van der Waals surface area contributed by atoms with Crippen LogP contribution in [0.2, 0.25) is 0 Å². The van der Waals surface area contributed by atoms with Crippen LogP contribution in [0.3, 0.4) is 0 Å². The van der Waals surface area contributed by atoms with Gasteiger partial charge >= 0.3 is 12.4 Å². The lowest BCUT2D eigenvalue weighted by Crippen LogP contribution is -2.34. The van der Waals surface area contributed by atoms with Gasteiger partial charge in [-0.25, -0.2) is 8.78 Å². The molecule has 148 valence electrons. The van der Waals surface area contributed by atoms with Crippen LogP contribution < -0.4 is 0 Å². The molecule has 11 heteroatoms. The monoisotopic (exact) mass is 392 g/mol. The molecule has 3 rings (SSSR count). The average Bonchev–Trinajstić information content (AvgIpc) is 2.90. The molecule has 1 saturated carbocycles. The summed E-state index contributed by atoms with van der Waals surface area (Å²) < 4.78 is 106. The fraction of sp³-hybridized carbons (Fsp3) is 0.800. The van der Waals surface area contributed by atoms with Gasteiger partial charge in [-0.15, -0.1) is 0 Å². The SMILES string of the molecule is O[C@H]1c2c(C(F)(F)F)nn(C3CCC(C(F)(F)F)CC3)c2CCC1(F)F. The standard InChI is InChI=1S/C15H16F8N2O/c16-13(17)6-5-9-10(12(13)26)11(15(21,22)23)24-25(9)8-3-1-7(2-4-8)14(18,19)20/h7-8,12,26H,1-6H2/t7?,8?,12-/m0/s1. The highest BCUT2D eigenvalue weighted by Crippen LogP contribution is 2.48. The van der Waals surface area contributed by atoms with Crippen LogP contribution in [0.5, 0.6) is 0 Å². The number of aliphatic hydroxyl groups is 1. The summed E-state index contributed by atoms with van der Waals surface area (Å²) >= 11 is 0. The molecule has 0 aromatic carbocycles. The van der Waals surface area contributed by atoms with Gasteiger partial charge < -0.3 is 5.11 Å². The third kappa shape index (κ3) is 3.29. The van der Waals surface area contributed by atoms with Crippen LogP contribution in [0, 0.1) is 5.92 Å². The second-order valence-electron chi connectivity index (χ2n) is 6.86. The quantitative estimate of drug-likeness (QED) is 0.697. The van der Waals surface area contributed by atoms with Gasteiger partial charge in [0, 0.05) is 17.7 Å².